The number of hydrogen-bond donors (Lipinski definition) is 1. The molecule has 8 nitrogen and oxygen atoms in total. The predicted octanol–water partition coefficient (Wildman–Crippen LogP) is 3.08. The van der Waals surface area contributed by atoms with Crippen LogP contribution in [0.1, 0.15) is 38.3 Å². The van der Waals surface area contributed by atoms with Gasteiger partial charge in [0.05, 0.1) is 5.69 Å². The number of rotatable bonds is 11. The van der Waals surface area contributed by atoms with Crippen molar-refractivity contribution in [2.24, 2.45) is 0 Å². The Bertz CT molecular complexity index is 1120. The number of nitrogens with one attached hydrogen (secondary N) is 1. The molecule has 0 saturated carbocycles. The number of hydrogen-bond acceptors (Lipinski definition) is 4. The second-order valence-electron chi connectivity index (χ2n) is 8.75. The van der Waals surface area contributed by atoms with Crippen LogP contribution in [0.2, 0.25) is 0 Å². The van der Waals surface area contributed by atoms with Gasteiger partial charge in [-0.05, 0) is 44.9 Å². The van der Waals surface area contributed by atoms with E-state index in [-0.39, 0.29) is 24.2 Å². The molecule has 2 rings (SSSR count). The molecular formula is C25H35FN4O4S. The summed E-state index contributed by atoms with van der Waals surface area (Å²) in [6, 6.07) is 11.9. The van der Waals surface area contributed by atoms with Gasteiger partial charge in [0.2, 0.25) is 11.8 Å². The van der Waals surface area contributed by atoms with Crippen LogP contribution in [-0.2, 0) is 26.3 Å². The molecule has 0 bridgehead atoms. The number of aryl methyl sites for hydroxylation is 1. The van der Waals surface area contributed by atoms with E-state index in [0.29, 0.717) is 6.42 Å². The van der Waals surface area contributed by atoms with Gasteiger partial charge in [-0.3, -0.25) is 9.59 Å². The molecule has 192 valence electrons. The summed E-state index contributed by atoms with van der Waals surface area (Å²) in [6.07, 6.45) is 0.715. The van der Waals surface area contributed by atoms with Gasteiger partial charge in [-0.1, -0.05) is 48.9 Å². The molecule has 2 amide bonds. The predicted molar refractivity (Wildman–Crippen MR) is 135 cm³/mol. The van der Waals surface area contributed by atoms with Gasteiger partial charge in [-0.15, -0.1) is 0 Å². The summed E-state index contributed by atoms with van der Waals surface area (Å²) in [7, 11) is -1.60. The Morgan fingerprint density at radius 2 is 1.63 bits per heavy atom. The van der Waals surface area contributed by atoms with E-state index in [1.165, 1.54) is 37.2 Å². The third-order valence-electron chi connectivity index (χ3n) is 5.78. The van der Waals surface area contributed by atoms with E-state index in [1.54, 1.807) is 6.92 Å². The molecule has 0 unspecified atom stereocenters. The average molecular weight is 507 g/mol. The van der Waals surface area contributed by atoms with Crippen molar-refractivity contribution in [2.75, 3.05) is 24.9 Å². The van der Waals surface area contributed by atoms with Crippen molar-refractivity contribution in [3.8, 4) is 0 Å². The number of halogens is 1. The third-order valence-corrected chi connectivity index (χ3v) is 7.59. The molecule has 2 aromatic carbocycles. The van der Waals surface area contributed by atoms with Crippen molar-refractivity contribution in [3.63, 3.8) is 0 Å². The van der Waals surface area contributed by atoms with E-state index in [2.05, 4.69) is 5.32 Å². The van der Waals surface area contributed by atoms with Gasteiger partial charge in [-0.2, -0.15) is 12.7 Å². The minimum absolute atomic E-state index is 0.0847. The fourth-order valence-corrected chi connectivity index (χ4v) is 4.36. The van der Waals surface area contributed by atoms with Crippen molar-refractivity contribution in [1.82, 2.24) is 14.5 Å². The minimum Gasteiger partial charge on any atom is -0.352 e. The highest BCUT2D eigenvalue weighted by Gasteiger charge is 2.33. The number of carbonyl (C=O) groups is 2. The molecule has 2 aromatic rings. The highest BCUT2D eigenvalue weighted by Crippen LogP contribution is 2.24. The normalized spacial score (nSPS) is 13.3. The summed E-state index contributed by atoms with van der Waals surface area (Å²) in [5.41, 5.74) is 1.57. The standard InChI is InChI=1S/C25H35FN4O4S/c1-7-19(3)27-25(32)20(4)29(16-21-14-12-18(2)13-15-21)24(31)17-30(35(33,34)28(5)6)23-11-9-8-10-22(23)26/h8-15,19-20H,7,16-17H2,1-6H3,(H,27,32)/t19-,20-/m1/s1. The Kier molecular flexibility index (Phi) is 9.79. The quantitative estimate of drug-likeness (QED) is 0.507. The fourth-order valence-electron chi connectivity index (χ4n) is 3.29. The van der Waals surface area contributed by atoms with Crippen molar-refractivity contribution in [3.05, 3.63) is 65.5 Å². The van der Waals surface area contributed by atoms with Crippen LogP contribution in [0.3, 0.4) is 0 Å². The van der Waals surface area contributed by atoms with Gasteiger partial charge in [0.1, 0.15) is 18.4 Å². The first-order valence-electron chi connectivity index (χ1n) is 11.5. The van der Waals surface area contributed by atoms with Crippen LogP contribution >= 0.6 is 0 Å². The highest BCUT2D eigenvalue weighted by molar-refractivity contribution is 7.90. The van der Waals surface area contributed by atoms with Crippen LogP contribution in [0.4, 0.5) is 10.1 Å². The third kappa shape index (κ3) is 7.25. The van der Waals surface area contributed by atoms with Crippen LogP contribution < -0.4 is 9.62 Å². The van der Waals surface area contributed by atoms with Crippen molar-refractivity contribution >= 4 is 27.7 Å². The number of amides is 2. The van der Waals surface area contributed by atoms with Gasteiger partial charge in [0.25, 0.3) is 0 Å². The van der Waals surface area contributed by atoms with Gasteiger partial charge < -0.3 is 10.2 Å². The van der Waals surface area contributed by atoms with E-state index in [9.17, 15) is 22.4 Å². The summed E-state index contributed by atoms with van der Waals surface area (Å²) in [5, 5.41) is 2.87. The van der Waals surface area contributed by atoms with Crippen LogP contribution in [-0.4, -0.2) is 62.2 Å². The Hall–Kier alpha value is -2.98. The fraction of sp³-hybridized carbons (Fsp3) is 0.440. The Balaban J connectivity index is 2.46. The lowest BCUT2D eigenvalue weighted by atomic mass is 10.1. The summed E-state index contributed by atoms with van der Waals surface area (Å²) >= 11 is 0. The number of benzene rings is 2. The smallest absolute Gasteiger partial charge is 0.304 e. The average Bonchev–Trinajstić information content (AvgIpc) is 2.81. The van der Waals surface area contributed by atoms with Crippen molar-refractivity contribution < 1.29 is 22.4 Å². The summed E-state index contributed by atoms with van der Waals surface area (Å²) in [5.74, 6) is -1.77. The molecular weight excluding hydrogens is 471 g/mol. The zero-order chi connectivity index (χ0) is 26.3. The number of anilines is 1. The number of nitrogens with zero attached hydrogens (tertiary/aromatic N) is 3. The van der Waals surface area contributed by atoms with Crippen LogP contribution in [0.15, 0.2) is 48.5 Å². The first-order chi connectivity index (χ1) is 16.4. The molecule has 10 heteroatoms. The summed E-state index contributed by atoms with van der Waals surface area (Å²) < 4.78 is 42.4. The van der Waals surface area contributed by atoms with Crippen LogP contribution in [0, 0.1) is 12.7 Å². The lowest BCUT2D eigenvalue weighted by Gasteiger charge is -2.33. The van der Waals surface area contributed by atoms with E-state index in [4.69, 9.17) is 0 Å². The van der Waals surface area contributed by atoms with Crippen molar-refractivity contribution in [1.29, 1.82) is 0 Å². The molecule has 0 radical (unpaired) electrons. The zero-order valence-corrected chi connectivity index (χ0v) is 22.0. The Morgan fingerprint density at radius 3 is 2.17 bits per heavy atom. The maximum Gasteiger partial charge on any atom is 0.304 e. The molecule has 0 aliphatic rings. The highest BCUT2D eigenvalue weighted by atomic mass is 32.2. The SMILES string of the molecule is CC[C@@H](C)NC(=O)[C@@H](C)N(Cc1ccc(C)cc1)C(=O)CN(c1ccccc1F)S(=O)(=O)N(C)C. The molecule has 35 heavy (non-hydrogen) atoms. The lowest BCUT2D eigenvalue weighted by Crippen LogP contribution is -2.53. The summed E-state index contributed by atoms with van der Waals surface area (Å²) in [4.78, 5) is 27.8. The lowest BCUT2D eigenvalue weighted by molar-refractivity contribution is -0.139. The second-order valence-corrected chi connectivity index (χ2v) is 10.8. The van der Waals surface area contributed by atoms with Crippen LogP contribution in [0.5, 0.6) is 0 Å². The number of para-hydroxylation sites is 1. The Labute approximate surface area is 207 Å². The molecule has 0 aromatic heterocycles. The van der Waals surface area contributed by atoms with E-state index >= 15 is 0 Å². The molecule has 0 spiro atoms. The molecule has 2 atom stereocenters. The van der Waals surface area contributed by atoms with E-state index in [0.717, 1.165) is 25.8 Å². The molecule has 1 N–H and O–H groups in total. The van der Waals surface area contributed by atoms with Crippen molar-refractivity contribution in [2.45, 2.75) is 52.7 Å². The maximum absolute atomic E-state index is 14.6. The van der Waals surface area contributed by atoms with Gasteiger partial charge in [0, 0.05) is 26.7 Å². The number of carbonyl (C=O) groups excluding carboxylic acids is 2. The van der Waals surface area contributed by atoms with Crippen LogP contribution in [0.25, 0.3) is 0 Å². The second kappa shape index (κ2) is 12.1. The van der Waals surface area contributed by atoms with E-state index in [1.807, 2.05) is 45.0 Å². The zero-order valence-electron chi connectivity index (χ0n) is 21.2. The van der Waals surface area contributed by atoms with Gasteiger partial charge >= 0.3 is 10.2 Å². The van der Waals surface area contributed by atoms with E-state index < -0.39 is 34.5 Å². The topological polar surface area (TPSA) is 90.0 Å². The Morgan fingerprint density at radius 1 is 1.03 bits per heavy atom. The molecule has 0 heterocycles. The van der Waals surface area contributed by atoms with Gasteiger partial charge in [0.15, 0.2) is 0 Å². The first kappa shape index (κ1) is 28.3. The molecule has 0 aliphatic carbocycles. The summed E-state index contributed by atoms with van der Waals surface area (Å²) in [6.45, 7) is 6.74. The monoisotopic (exact) mass is 506 g/mol. The molecule has 0 aliphatic heterocycles. The largest absolute Gasteiger partial charge is 0.352 e. The first-order valence-corrected chi connectivity index (χ1v) is 12.9. The molecule has 0 fully saturated rings. The van der Waals surface area contributed by atoms with Gasteiger partial charge in [-0.25, -0.2) is 8.70 Å². The molecule has 0 saturated heterocycles. The maximum atomic E-state index is 14.6. The minimum atomic E-state index is -4.21.